The molecule has 0 spiro atoms. The molecule has 0 saturated heterocycles. The van der Waals surface area contributed by atoms with Crippen LogP contribution in [-0.4, -0.2) is 38.7 Å². The molecule has 1 aliphatic rings. The lowest BCUT2D eigenvalue weighted by atomic mass is 9.91. The predicted octanol–water partition coefficient (Wildman–Crippen LogP) is 6.38. The fourth-order valence-electron chi connectivity index (χ4n) is 4.56. The normalized spacial score (nSPS) is 17.7. The van der Waals surface area contributed by atoms with E-state index in [-0.39, 0.29) is 18.2 Å². The topological polar surface area (TPSA) is 124 Å². The van der Waals surface area contributed by atoms with E-state index in [0.717, 1.165) is 47.0 Å². The van der Waals surface area contributed by atoms with Crippen LogP contribution in [0.3, 0.4) is 0 Å². The molecule has 0 radical (unpaired) electrons. The molecule has 10 heteroatoms. The maximum Gasteiger partial charge on any atom is 0.407 e. The molecule has 0 bridgehead atoms. The van der Waals surface area contributed by atoms with E-state index in [9.17, 15) is 4.79 Å². The summed E-state index contributed by atoms with van der Waals surface area (Å²) in [6, 6.07) is 13.8. The number of thiazole rings is 1. The molecule has 1 amide bonds. The summed E-state index contributed by atoms with van der Waals surface area (Å²) in [5, 5.41) is 8.30. The molecular formula is C28H32N6O3S. The molecular weight excluding hydrogens is 500 g/mol. The first kappa shape index (κ1) is 25.7. The highest BCUT2D eigenvalue weighted by molar-refractivity contribution is 7.13. The number of anilines is 2. The molecule has 198 valence electrons. The number of amides is 1. The zero-order valence-electron chi connectivity index (χ0n) is 21.7. The van der Waals surface area contributed by atoms with Gasteiger partial charge in [-0.1, -0.05) is 24.3 Å². The van der Waals surface area contributed by atoms with Crippen molar-refractivity contribution in [3.05, 3.63) is 54.2 Å². The van der Waals surface area contributed by atoms with E-state index in [1.165, 1.54) is 11.3 Å². The van der Waals surface area contributed by atoms with Crippen molar-refractivity contribution in [1.29, 1.82) is 0 Å². The van der Waals surface area contributed by atoms with Crippen LogP contribution in [0.15, 0.2) is 54.2 Å². The van der Waals surface area contributed by atoms with E-state index >= 15 is 0 Å². The zero-order valence-corrected chi connectivity index (χ0v) is 22.5. The molecule has 0 unspecified atom stereocenters. The Hall–Kier alpha value is -3.92. The van der Waals surface area contributed by atoms with E-state index in [1.54, 1.807) is 11.7 Å². The van der Waals surface area contributed by atoms with Crippen molar-refractivity contribution in [2.45, 2.75) is 64.1 Å². The number of alkyl carbamates (subject to hydrolysis) is 1. The quantitative estimate of drug-likeness (QED) is 0.245. The lowest BCUT2D eigenvalue weighted by Crippen LogP contribution is -2.42. The van der Waals surface area contributed by atoms with Crippen LogP contribution in [0.2, 0.25) is 0 Å². The van der Waals surface area contributed by atoms with E-state index in [0.29, 0.717) is 23.3 Å². The maximum atomic E-state index is 12.1. The van der Waals surface area contributed by atoms with Crippen LogP contribution in [0.5, 0.6) is 11.6 Å². The number of carbonyl (C=O) groups is 1. The van der Waals surface area contributed by atoms with Crippen LogP contribution in [0.25, 0.3) is 21.3 Å². The molecule has 1 aliphatic carbocycles. The van der Waals surface area contributed by atoms with Gasteiger partial charge in [0.15, 0.2) is 0 Å². The summed E-state index contributed by atoms with van der Waals surface area (Å²) < 4.78 is 11.6. The van der Waals surface area contributed by atoms with Gasteiger partial charge in [0.05, 0.1) is 11.2 Å². The Bertz CT molecular complexity index is 1430. The number of benzene rings is 2. The molecule has 0 aliphatic heterocycles. The summed E-state index contributed by atoms with van der Waals surface area (Å²) in [5.74, 6) is 1.73. The average Bonchev–Trinajstić information content (AvgIpc) is 3.34. The molecule has 0 atom stereocenters. The molecule has 2 aromatic heterocycles. The fourth-order valence-corrected chi connectivity index (χ4v) is 5.24. The number of carbonyl (C=O) groups excluding carboxylic acids is 1. The fraction of sp³-hybridized carbons (Fsp3) is 0.357. The minimum atomic E-state index is -0.503. The smallest absolute Gasteiger partial charge is 0.407 e. The molecule has 1 fully saturated rings. The number of hydrogen-bond acceptors (Lipinski definition) is 9. The first-order valence-electron chi connectivity index (χ1n) is 12.7. The van der Waals surface area contributed by atoms with Crippen molar-refractivity contribution in [3.8, 4) is 22.2 Å². The minimum absolute atomic E-state index is 0.108. The molecule has 2 aromatic carbocycles. The first-order valence-corrected chi connectivity index (χ1v) is 13.6. The van der Waals surface area contributed by atoms with Gasteiger partial charge in [-0.05, 0) is 64.7 Å². The maximum absolute atomic E-state index is 12.1. The summed E-state index contributed by atoms with van der Waals surface area (Å²) in [4.78, 5) is 26.5. The number of nitrogens with one attached hydrogen (secondary N) is 2. The van der Waals surface area contributed by atoms with Gasteiger partial charge in [0.25, 0.3) is 0 Å². The van der Waals surface area contributed by atoms with E-state index < -0.39 is 5.60 Å². The van der Waals surface area contributed by atoms with Crippen LogP contribution in [0.1, 0.15) is 46.5 Å². The minimum Gasteiger partial charge on any atom is -0.444 e. The largest absolute Gasteiger partial charge is 0.444 e. The molecule has 4 N–H and O–H groups in total. The average molecular weight is 533 g/mol. The third-order valence-electron chi connectivity index (χ3n) is 6.33. The highest BCUT2D eigenvalue weighted by Gasteiger charge is 2.25. The van der Waals surface area contributed by atoms with E-state index in [2.05, 4.69) is 20.6 Å². The second-order valence-corrected chi connectivity index (χ2v) is 11.2. The lowest BCUT2D eigenvalue weighted by Gasteiger charge is -2.30. The van der Waals surface area contributed by atoms with Crippen LogP contribution in [-0.2, 0) is 4.74 Å². The van der Waals surface area contributed by atoms with Crippen molar-refractivity contribution in [1.82, 2.24) is 20.3 Å². The molecule has 1 saturated carbocycles. The molecule has 38 heavy (non-hydrogen) atoms. The predicted molar refractivity (Wildman–Crippen MR) is 151 cm³/mol. The van der Waals surface area contributed by atoms with Gasteiger partial charge in [-0.3, -0.25) is 0 Å². The van der Waals surface area contributed by atoms with Crippen molar-refractivity contribution in [3.63, 3.8) is 0 Å². The second kappa shape index (κ2) is 10.8. The van der Waals surface area contributed by atoms with Crippen LogP contribution in [0.4, 0.5) is 16.4 Å². The SMILES string of the molecule is CC(C)(C)OC(=O)N[C@H]1CC[C@H](Nc2nccc(-c3scnc3Oc3ccc(N)c4ccccc34)n2)CC1. The van der Waals surface area contributed by atoms with Crippen LogP contribution < -0.4 is 21.1 Å². The third kappa shape index (κ3) is 6.13. The highest BCUT2D eigenvalue weighted by Crippen LogP contribution is 2.38. The number of rotatable bonds is 6. The number of fused-ring (bicyclic) bond motifs is 1. The Morgan fingerprint density at radius 3 is 2.50 bits per heavy atom. The van der Waals surface area contributed by atoms with Gasteiger partial charge in [0, 0.05) is 34.7 Å². The molecule has 9 nitrogen and oxygen atoms in total. The van der Waals surface area contributed by atoms with Gasteiger partial charge in [0.1, 0.15) is 16.2 Å². The number of nitrogens with two attached hydrogens (primary N) is 1. The number of hydrogen-bond donors (Lipinski definition) is 3. The standard InChI is InChI=1S/C28H32N6O3S/c1-28(2,3)37-27(35)33-18-10-8-17(9-11-18)32-26-30-15-14-22(34-26)24-25(31-16-38-24)36-23-13-12-21(29)19-6-4-5-7-20(19)23/h4-7,12-18H,8-11,29H2,1-3H3,(H,33,35)(H,30,32,34)/t17-,18-. The van der Waals surface area contributed by atoms with Gasteiger partial charge in [-0.2, -0.15) is 0 Å². The molecule has 2 heterocycles. The van der Waals surface area contributed by atoms with E-state index in [4.69, 9.17) is 20.2 Å². The second-order valence-electron chi connectivity index (χ2n) is 10.4. The van der Waals surface area contributed by atoms with Gasteiger partial charge >= 0.3 is 6.09 Å². The van der Waals surface area contributed by atoms with Crippen molar-refractivity contribution >= 4 is 39.8 Å². The van der Waals surface area contributed by atoms with Crippen LogP contribution in [0, 0.1) is 0 Å². The summed E-state index contributed by atoms with van der Waals surface area (Å²) in [6.07, 6.45) is 4.89. The molecule has 4 aromatic rings. The Morgan fingerprint density at radius 1 is 1.00 bits per heavy atom. The Kier molecular flexibility index (Phi) is 7.33. The van der Waals surface area contributed by atoms with Crippen molar-refractivity contribution in [2.75, 3.05) is 11.1 Å². The monoisotopic (exact) mass is 532 g/mol. The van der Waals surface area contributed by atoms with Gasteiger partial charge in [-0.15, -0.1) is 11.3 Å². The van der Waals surface area contributed by atoms with Crippen LogP contribution >= 0.6 is 11.3 Å². The first-order chi connectivity index (χ1) is 18.2. The Balaban J connectivity index is 1.24. The van der Waals surface area contributed by atoms with Gasteiger partial charge in [-0.25, -0.2) is 19.7 Å². The number of aromatic nitrogens is 3. The van der Waals surface area contributed by atoms with E-state index in [1.807, 2.05) is 63.2 Å². The number of ether oxygens (including phenoxy) is 2. The summed E-state index contributed by atoms with van der Waals surface area (Å²) in [6.45, 7) is 5.59. The molecule has 5 rings (SSSR count). The lowest BCUT2D eigenvalue weighted by molar-refractivity contribution is 0.0492. The Labute approximate surface area is 225 Å². The summed E-state index contributed by atoms with van der Waals surface area (Å²) >= 11 is 1.46. The number of nitrogen functional groups attached to an aromatic ring is 1. The highest BCUT2D eigenvalue weighted by atomic mass is 32.1. The number of nitrogens with zero attached hydrogens (tertiary/aromatic N) is 3. The van der Waals surface area contributed by atoms with Crippen molar-refractivity contribution < 1.29 is 14.3 Å². The zero-order chi connectivity index (χ0) is 26.7. The summed E-state index contributed by atoms with van der Waals surface area (Å²) in [5.41, 5.74) is 8.83. The summed E-state index contributed by atoms with van der Waals surface area (Å²) in [7, 11) is 0. The van der Waals surface area contributed by atoms with Crippen molar-refractivity contribution in [2.24, 2.45) is 0 Å². The third-order valence-corrected chi connectivity index (χ3v) is 7.16. The van der Waals surface area contributed by atoms with Gasteiger partial charge in [0.2, 0.25) is 11.8 Å². The Morgan fingerprint density at radius 2 is 1.74 bits per heavy atom. The van der Waals surface area contributed by atoms with Gasteiger partial charge < -0.3 is 25.8 Å².